The van der Waals surface area contributed by atoms with Crippen molar-refractivity contribution in [2.75, 3.05) is 19.9 Å². The molecule has 0 atom stereocenters. The Morgan fingerprint density at radius 3 is 2.65 bits per heavy atom. The highest BCUT2D eigenvalue weighted by Crippen LogP contribution is 2.32. The van der Waals surface area contributed by atoms with Gasteiger partial charge in [0.15, 0.2) is 16.6 Å². The zero-order valence-electron chi connectivity index (χ0n) is 11.3. The molecule has 2 rings (SSSR count). The molecule has 0 saturated heterocycles. The first kappa shape index (κ1) is 14.4. The summed E-state index contributed by atoms with van der Waals surface area (Å²) in [7, 11) is 0. The quantitative estimate of drug-likeness (QED) is 0.643. The summed E-state index contributed by atoms with van der Waals surface area (Å²) < 4.78 is 10.6. The minimum absolute atomic E-state index is 0.289. The Morgan fingerprint density at radius 2 is 1.95 bits per heavy atom. The van der Waals surface area contributed by atoms with Crippen LogP contribution in [0.5, 0.6) is 11.5 Å². The molecule has 106 valence electrons. The molecule has 1 aromatic rings. The third-order valence-corrected chi connectivity index (χ3v) is 3.27. The van der Waals surface area contributed by atoms with Gasteiger partial charge < -0.3 is 19.7 Å². The van der Waals surface area contributed by atoms with Crippen LogP contribution in [-0.2, 0) is 6.54 Å². The Labute approximate surface area is 124 Å². The van der Waals surface area contributed by atoms with Crippen molar-refractivity contribution in [1.82, 2.24) is 10.2 Å². The van der Waals surface area contributed by atoms with Crippen molar-refractivity contribution in [2.45, 2.75) is 6.54 Å². The van der Waals surface area contributed by atoms with E-state index in [9.17, 15) is 0 Å². The molecule has 0 amide bonds. The zero-order valence-corrected chi connectivity index (χ0v) is 12.1. The molecule has 0 radical (unpaired) electrons. The lowest BCUT2D eigenvalue weighted by Gasteiger charge is -2.23. The van der Waals surface area contributed by atoms with E-state index in [1.54, 1.807) is 0 Å². The third kappa shape index (κ3) is 3.51. The first-order chi connectivity index (χ1) is 9.74. The minimum Gasteiger partial charge on any atom is -0.454 e. The van der Waals surface area contributed by atoms with Crippen LogP contribution in [0.2, 0.25) is 0 Å². The Hall–Kier alpha value is -2.01. The van der Waals surface area contributed by atoms with E-state index < -0.39 is 0 Å². The molecule has 0 fully saturated rings. The molecule has 0 aromatic heterocycles. The highest BCUT2D eigenvalue weighted by atomic mass is 32.1. The number of thiocarbonyl (C=S) groups is 1. The number of benzene rings is 1. The topological polar surface area (TPSA) is 33.7 Å². The second kappa shape index (κ2) is 6.96. The first-order valence-electron chi connectivity index (χ1n) is 6.37. The highest BCUT2D eigenvalue weighted by molar-refractivity contribution is 7.80. The Balaban J connectivity index is 1.92. The van der Waals surface area contributed by atoms with Gasteiger partial charge in [-0.25, -0.2) is 0 Å². The number of hydrogen-bond acceptors (Lipinski definition) is 3. The van der Waals surface area contributed by atoms with Gasteiger partial charge in [-0.05, 0) is 29.9 Å². The number of hydrogen-bond donors (Lipinski definition) is 1. The average Bonchev–Trinajstić information content (AvgIpc) is 2.92. The van der Waals surface area contributed by atoms with E-state index in [1.807, 2.05) is 35.3 Å². The van der Waals surface area contributed by atoms with Crippen LogP contribution >= 0.6 is 12.2 Å². The van der Waals surface area contributed by atoms with Crippen LogP contribution in [-0.4, -0.2) is 29.9 Å². The van der Waals surface area contributed by atoms with E-state index in [-0.39, 0.29) is 6.79 Å². The molecular weight excluding hydrogens is 272 g/mol. The van der Waals surface area contributed by atoms with Crippen LogP contribution in [0.1, 0.15) is 5.56 Å². The Kier molecular flexibility index (Phi) is 5.01. The van der Waals surface area contributed by atoms with E-state index in [2.05, 4.69) is 18.5 Å². The monoisotopic (exact) mass is 290 g/mol. The molecule has 1 heterocycles. The van der Waals surface area contributed by atoms with E-state index in [1.165, 1.54) is 0 Å². The zero-order chi connectivity index (χ0) is 14.4. The molecule has 0 aliphatic carbocycles. The normalized spacial score (nSPS) is 11.8. The van der Waals surface area contributed by atoms with Crippen LogP contribution < -0.4 is 14.8 Å². The summed E-state index contributed by atoms with van der Waals surface area (Å²) in [4.78, 5) is 1.99. The third-order valence-electron chi connectivity index (χ3n) is 2.87. The standard InChI is InChI=1S/C15H18N2O2S/c1-3-7-17(8-4-2)15(20)16-10-12-5-6-13-14(9-12)19-11-18-13/h3-6,9H,1-2,7-8,10-11H2,(H,16,20). The van der Waals surface area contributed by atoms with Gasteiger partial charge >= 0.3 is 0 Å². The number of nitrogens with one attached hydrogen (secondary N) is 1. The van der Waals surface area contributed by atoms with Gasteiger partial charge in [-0.3, -0.25) is 0 Å². The van der Waals surface area contributed by atoms with E-state index in [0.29, 0.717) is 24.7 Å². The molecule has 1 N–H and O–H groups in total. The highest BCUT2D eigenvalue weighted by Gasteiger charge is 2.13. The summed E-state index contributed by atoms with van der Waals surface area (Å²) >= 11 is 5.37. The molecule has 4 nitrogen and oxygen atoms in total. The van der Waals surface area contributed by atoms with Crippen molar-refractivity contribution in [1.29, 1.82) is 0 Å². The molecular formula is C15H18N2O2S. The van der Waals surface area contributed by atoms with Crippen molar-refractivity contribution in [3.05, 3.63) is 49.1 Å². The van der Waals surface area contributed by atoms with E-state index in [0.717, 1.165) is 17.1 Å². The fraction of sp³-hybridized carbons (Fsp3) is 0.267. The van der Waals surface area contributed by atoms with Crippen molar-refractivity contribution in [3.63, 3.8) is 0 Å². The van der Waals surface area contributed by atoms with Crippen LogP contribution in [0.25, 0.3) is 0 Å². The smallest absolute Gasteiger partial charge is 0.231 e. The second-order valence-electron chi connectivity index (χ2n) is 4.33. The van der Waals surface area contributed by atoms with Crippen LogP contribution in [0.4, 0.5) is 0 Å². The maximum Gasteiger partial charge on any atom is 0.231 e. The molecule has 0 unspecified atom stereocenters. The summed E-state index contributed by atoms with van der Waals surface area (Å²) in [6, 6.07) is 5.87. The van der Waals surface area contributed by atoms with Crippen LogP contribution in [0.15, 0.2) is 43.5 Å². The van der Waals surface area contributed by atoms with Gasteiger partial charge in [0.2, 0.25) is 6.79 Å². The summed E-state index contributed by atoms with van der Waals surface area (Å²) in [5.41, 5.74) is 1.09. The number of rotatable bonds is 6. The maximum absolute atomic E-state index is 5.37. The van der Waals surface area contributed by atoms with Gasteiger partial charge in [0, 0.05) is 19.6 Å². The van der Waals surface area contributed by atoms with E-state index in [4.69, 9.17) is 21.7 Å². The van der Waals surface area contributed by atoms with Gasteiger partial charge in [0.1, 0.15) is 0 Å². The molecule has 0 bridgehead atoms. The number of nitrogens with zero attached hydrogens (tertiary/aromatic N) is 1. The lowest BCUT2D eigenvalue weighted by atomic mass is 10.2. The lowest BCUT2D eigenvalue weighted by Crippen LogP contribution is -2.39. The molecule has 0 saturated carbocycles. The Bertz CT molecular complexity index is 507. The molecule has 1 aromatic carbocycles. The molecule has 20 heavy (non-hydrogen) atoms. The van der Waals surface area contributed by atoms with E-state index >= 15 is 0 Å². The summed E-state index contributed by atoms with van der Waals surface area (Å²) in [5.74, 6) is 1.57. The van der Waals surface area contributed by atoms with Crippen molar-refractivity contribution < 1.29 is 9.47 Å². The second-order valence-corrected chi connectivity index (χ2v) is 4.72. The van der Waals surface area contributed by atoms with Gasteiger partial charge in [0.25, 0.3) is 0 Å². The minimum atomic E-state index is 0.289. The predicted molar refractivity (Wildman–Crippen MR) is 84.0 cm³/mol. The average molecular weight is 290 g/mol. The van der Waals surface area contributed by atoms with Gasteiger partial charge in [-0.15, -0.1) is 13.2 Å². The summed E-state index contributed by atoms with van der Waals surface area (Å²) in [5, 5.41) is 3.91. The fourth-order valence-corrected chi connectivity index (χ4v) is 2.11. The summed E-state index contributed by atoms with van der Waals surface area (Å²) in [6.07, 6.45) is 3.64. The Morgan fingerprint density at radius 1 is 1.25 bits per heavy atom. The van der Waals surface area contributed by atoms with Gasteiger partial charge in [0.05, 0.1) is 0 Å². The van der Waals surface area contributed by atoms with Gasteiger partial charge in [-0.2, -0.15) is 0 Å². The first-order valence-corrected chi connectivity index (χ1v) is 6.78. The van der Waals surface area contributed by atoms with Crippen molar-refractivity contribution >= 4 is 17.3 Å². The number of fused-ring (bicyclic) bond motifs is 1. The van der Waals surface area contributed by atoms with Gasteiger partial charge in [-0.1, -0.05) is 18.2 Å². The number of ether oxygens (including phenoxy) is 2. The SMILES string of the molecule is C=CCN(CC=C)C(=S)NCc1ccc2c(c1)OCO2. The molecule has 1 aliphatic rings. The molecule has 1 aliphatic heterocycles. The summed E-state index contributed by atoms with van der Waals surface area (Å²) in [6.45, 7) is 9.77. The van der Waals surface area contributed by atoms with Crippen molar-refractivity contribution in [2.24, 2.45) is 0 Å². The molecule has 5 heteroatoms. The fourth-order valence-electron chi connectivity index (χ4n) is 1.89. The predicted octanol–water partition coefficient (Wildman–Crippen LogP) is 2.46. The molecule has 0 spiro atoms. The largest absolute Gasteiger partial charge is 0.454 e. The lowest BCUT2D eigenvalue weighted by molar-refractivity contribution is 0.174. The van der Waals surface area contributed by atoms with Crippen LogP contribution in [0, 0.1) is 0 Å². The van der Waals surface area contributed by atoms with Crippen molar-refractivity contribution in [3.8, 4) is 11.5 Å². The van der Waals surface area contributed by atoms with Crippen LogP contribution in [0.3, 0.4) is 0 Å². The maximum atomic E-state index is 5.37.